The molecule has 2 atom stereocenters. The Kier molecular flexibility index (Phi) is 2.46. The van der Waals surface area contributed by atoms with Crippen molar-refractivity contribution in [1.29, 1.82) is 0 Å². The fourth-order valence-electron chi connectivity index (χ4n) is 2.26. The highest BCUT2D eigenvalue weighted by atomic mass is 16.4. The summed E-state index contributed by atoms with van der Waals surface area (Å²) in [5.41, 5.74) is -0.121. The Hall–Kier alpha value is -0.860. The minimum Gasteiger partial charge on any atom is -0.481 e. The molecule has 1 N–H and O–H groups in total. The van der Waals surface area contributed by atoms with Gasteiger partial charge in [-0.3, -0.25) is 9.59 Å². The van der Waals surface area contributed by atoms with Crippen molar-refractivity contribution >= 4 is 11.8 Å². The molecule has 1 rings (SSSR count). The molecule has 1 aliphatic carbocycles. The zero-order chi connectivity index (χ0) is 10.2. The lowest BCUT2D eigenvalue weighted by Gasteiger charge is -2.50. The van der Waals surface area contributed by atoms with Crippen LogP contribution in [-0.4, -0.2) is 16.9 Å². The number of carbonyl (C=O) groups excluding carboxylic acids is 1. The van der Waals surface area contributed by atoms with E-state index in [4.69, 9.17) is 5.11 Å². The van der Waals surface area contributed by atoms with Crippen LogP contribution in [0.5, 0.6) is 0 Å². The summed E-state index contributed by atoms with van der Waals surface area (Å²) in [4.78, 5) is 21.6. The summed E-state index contributed by atoms with van der Waals surface area (Å²) in [6.45, 7) is 5.55. The molecule has 3 heteroatoms. The lowest BCUT2D eigenvalue weighted by molar-refractivity contribution is -0.149. The SMILES string of the molecule is CC(=O)C1C[C@@H](CC(=O)O)C1(C)C. The molecule has 74 valence electrons. The van der Waals surface area contributed by atoms with E-state index >= 15 is 0 Å². The molecule has 0 heterocycles. The molecule has 0 radical (unpaired) electrons. The van der Waals surface area contributed by atoms with Gasteiger partial charge in [0.2, 0.25) is 0 Å². The smallest absolute Gasteiger partial charge is 0.303 e. The van der Waals surface area contributed by atoms with E-state index in [0.717, 1.165) is 6.42 Å². The Bertz CT molecular complexity index is 243. The van der Waals surface area contributed by atoms with Crippen molar-refractivity contribution in [3.63, 3.8) is 0 Å². The van der Waals surface area contributed by atoms with Crippen LogP contribution in [-0.2, 0) is 9.59 Å². The highest BCUT2D eigenvalue weighted by Gasteiger charge is 2.50. The van der Waals surface area contributed by atoms with Crippen molar-refractivity contribution in [2.45, 2.75) is 33.6 Å². The molecule has 0 bridgehead atoms. The molecule has 0 saturated heterocycles. The molecule has 0 aromatic heterocycles. The summed E-state index contributed by atoms with van der Waals surface area (Å²) in [5.74, 6) is -0.345. The Morgan fingerprint density at radius 2 is 2.00 bits per heavy atom. The van der Waals surface area contributed by atoms with E-state index in [-0.39, 0.29) is 29.5 Å². The maximum Gasteiger partial charge on any atom is 0.303 e. The Morgan fingerprint density at radius 1 is 1.46 bits per heavy atom. The van der Waals surface area contributed by atoms with Gasteiger partial charge in [0.1, 0.15) is 5.78 Å². The first-order valence-electron chi connectivity index (χ1n) is 4.58. The maximum absolute atomic E-state index is 11.1. The van der Waals surface area contributed by atoms with Crippen molar-refractivity contribution in [2.75, 3.05) is 0 Å². The second kappa shape index (κ2) is 3.13. The van der Waals surface area contributed by atoms with E-state index in [1.807, 2.05) is 13.8 Å². The van der Waals surface area contributed by atoms with Crippen molar-refractivity contribution in [3.05, 3.63) is 0 Å². The molecule has 0 aromatic rings. The normalized spacial score (nSPS) is 30.7. The summed E-state index contributed by atoms with van der Waals surface area (Å²) in [6, 6.07) is 0. The third-order valence-corrected chi connectivity index (χ3v) is 3.38. The summed E-state index contributed by atoms with van der Waals surface area (Å²) in [6.07, 6.45) is 0.936. The average Bonchev–Trinajstić information content (AvgIpc) is 1.96. The van der Waals surface area contributed by atoms with Gasteiger partial charge in [-0.05, 0) is 24.7 Å². The fraction of sp³-hybridized carbons (Fsp3) is 0.800. The van der Waals surface area contributed by atoms with E-state index in [9.17, 15) is 9.59 Å². The van der Waals surface area contributed by atoms with E-state index in [0.29, 0.717) is 0 Å². The second-order valence-corrected chi connectivity index (χ2v) is 4.52. The molecule has 1 aliphatic rings. The first-order valence-corrected chi connectivity index (χ1v) is 4.58. The van der Waals surface area contributed by atoms with Gasteiger partial charge >= 0.3 is 5.97 Å². The fourth-order valence-corrected chi connectivity index (χ4v) is 2.26. The van der Waals surface area contributed by atoms with Gasteiger partial charge in [0.05, 0.1) is 0 Å². The standard InChI is InChI=1S/C10H16O3/c1-6(11)8-4-7(5-9(12)13)10(8,2)3/h7-8H,4-5H2,1-3H3,(H,12,13)/t7-,8?/m0/s1. The molecule has 0 aliphatic heterocycles. The van der Waals surface area contributed by atoms with Gasteiger partial charge in [0.15, 0.2) is 0 Å². The van der Waals surface area contributed by atoms with E-state index < -0.39 is 5.97 Å². The van der Waals surface area contributed by atoms with Gasteiger partial charge in [-0.25, -0.2) is 0 Å². The molecule has 3 nitrogen and oxygen atoms in total. The van der Waals surface area contributed by atoms with Crippen LogP contribution in [0.1, 0.15) is 33.6 Å². The summed E-state index contributed by atoms with van der Waals surface area (Å²) < 4.78 is 0. The van der Waals surface area contributed by atoms with E-state index in [2.05, 4.69) is 0 Å². The number of carboxylic acids is 1. The van der Waals surface area contributed by atoms with E-state index in [1.54, 1.807) is 6.92 Å². The highest BCUT2D eigenvalue weighted by molar-refractivity contribution is 5.80. The second-order valence-electron chi connectivity index (χ2n) is 4.52. The topological polar surface area (TPSA) is 54.4 Å². The largest absolute Gasteiger partial charge is 0.481 e. The van der Waals surface area contributed by atoms with Gasteiger partial charge < -0.3 is 5.11 Å². The summed E-state index contributed by atoms with van der Waals surface area (Å²) >= 11 is 0. The lowest BCUT2D eigenvalue weighted by atomic mass is 9.53. The highest BCUT2D eigenvalue weighted by Crippen LogP contribution is 2.53. The maximum atomic E-state index is 11.1. The van der Waals surface area contributed by atoms with E-state index in [1.165, 1.54) is 0 Å². The third-order valence-electron chi connectivity index (χ3n) is 3.38. The quantitative estimate of drug-likeness (QED) is 0.726. The molecule has 0 spiro atoms. The van der Waals surface area contributed by atoms with Crippen molar-refractivity contribution in [2.24, 2.45) is 17.3 Å². The predicted octanol–water partition coefficient (Wildman–Crippen LogP) is 1.71. The number of ketones is 1. The Labute approximate surface area is 78.1 Å². The molecule has 0 aromatic carbocycles. The first kappa shape index (κ1) is 10.2. The van der Waals surface area contributed by atoms with Crippen LogP contribution in [0.2, 0.25) is 0 Å². The minimum atomic E-state index is -0.764. The molecular weight excluding hydrogens is 168 g/mol. The molecule has 0 amide bonds. The lowest BCUT2D eigenvalue weighted by Crippen LogP contribution is -2.48. The van der Waals surface area contributed by atoms with Gasteiger partial charge in [0, 0.05) is 12.3 Å². The number of carboxylic acid groups (broad SMARTS) is 1. The zero-order valence-electron chi connectivity index (χ0n) is 8.33. The number of rotatable bonds is 3. The monoisotopic (exact) mass is 184 g/mol. The Balaban J connectivity index is 2.59. The minimum absolute atomic E-state index is 0.0665. The summed E-state index contributed by atoms with van der Waals surface area (Å²) in [7, 11) is 0. The third kappa shape index (κ3) is 1.74. The van der Waals surface area contributed by atoms with Crippen LogP contribution in [0.3, 0.4) is 0 Å². The van der Waals surface area contributed by atoms with Crippen LogP contribution in [0.15, 0.2) is 0 Å². The molecule has 13 heavy (non-hydrogen) atoms. The van der Waals surface area contributed by atoms with Crippen LogP contribution in [0.4, 0.5) is 0 Å². The number of carbonyl (C=O) groups is 2. The van der Waals surface area contributed by atoms with Gasteiger partial charge in [-0.1, -0.05) is 13.8 Å². The molecule has 1 unspecified atom stereocenters. The van der Waals surface area contributed by atoms with Crippen molar-refractivity contribution in [3.8, 4) is 0 Å². The zero-order valence-corrected chi connectivity index (χ0v) is 8.33. The number of hydrogen-bond donors (Lipinski definition) is 1. The average molecular weight is 184 g/mol. The van der Waals surface area contributed by atoms with Crippen molar-refractivity contribution < 1.29 is 14.7 Å². The predicted molar refractivity (Wildman–Crippen MR) is 48.3 cm³/mol. The van der Waals surface area contributed by atoms with Crippen LogP contribution < -0.4 is 0 Å². The van der Waals surface area contributed by atoms with Gasteiger partial charge in [0.25, 0.3) is 0 Å². The van der Waals surface area contributed by atoms with Crippen molar-refractivity contribution in [1.82, 2.24) is 0 Å². The molecular formula is C10H16O3. The van der Waals surface area contributed by atoms with Gasteiger partial charge in [-0.15, -0.1) is 0 Å². The Morgan fingerprint density at radius 3 is 2.31 bits per heavy atom. The number of hydrogen-bond acceptors (Lipinski definition) is 2. The molecule has 1 fully saturated rings. The number of aliphatic carboxylic acids is 1. The number of Topliss-reactive ketones (excluding diaryl/α,β-unsaturated/α-hetero) is 1. The van der Waals surface area contributed by atoms with Crippen LogP contribution in [0, 0.1) is 17.3 Å². The van der Waals surface area contributed by atoms with Crippen LogP contribution >= 0.6 is 0 Å². The molecule has 1 saturated carbocycles. The summed E-state index contributed by atoms with van der Waals surface area (Å²) in [5, 5.41) is 8.62. The van der Waals surface area contributed by atoms with Crippen LogP contribution in [0.25, 0.3) is 0 Å². The van der Waals surface area contributed by atoms with Gasteiger partial charge in [-0.2, -0.15) is 0 Å². The first-order chi connectivity index (χ1) is 5.85.